The van der Waals surface area contributed by atoms with Crippen LogP contribution in [0.4, 0.5) is 34.1 Å². The molecule has 1 heterocycles. The van der Waals surface area contributed by atoms with Gasteiger partial charge in [-0.05, 0) is 169 Å². The summed E-state index contributed by atoms with van der Waals surface area (Å²) < 4.78 is 2.67. The number of anilines is 6. The Hall–Kier alpha value is -9.28. The molecule has 2 aliphatic rings. The van der Waals surface area contributed by atoms with Crippen molar-refractivity contribution in [3.63, 3.8) is 0 Å². The number of thiophene rings is 1. The van der Waals surface area contributed by atoms with E-state index < -0.39 is 0 Å². The van der Waals surface area contributed by atoms with Gasteiger partial charge in [-0.1, -0.05) is 188 Å². The molecule has 12 aromatic carbocycles. The van der Waals surface area contributed by atoms with E-state index in [1.165, 1.54) is 97.4 Å². The molecule has 0 aliphatic heterocycles. The van der Waals surface area contributed by atoms with Gasteiger partial charge in [0, 0.05) is 59.9 Å². The highest BCUT2D eigenvalue weighted by Gasteiger charge is 2.35. The van der Waals surface area contributed by atoms with Crippen molar-refractivity contribution < 1.29 is 0 Å². The largest absolute Gasteiger partial charge is 0.310 e. The van der Waals surface area contributed by atoms with Gasteiger partial charge in [-0.25, -0.2) is 0 Å². The Morgan fingerprint density at radius 3 is 1.59 bits per heavy atom. The van der Waals surface area contributed by atoms with E-state index in [0.717, 1.165) is 46.1 Å². The van der Waals surface area contributed by atoms with Crippen molar-refractivity contribution in [3.05, 3.63) is 301 Å². The van der Waals surface area contributed by atoms with E-state index >= 15 is 0 Å². The summed E-state index contributed by atoms with van der Waals surface area (Å²) in [5.74, 6) is 0.150. The highest BCUT2D eigenvalue weighted by Crippen LogP contribution is 2.56. The molecule has 0 spiro atoms. The van der Waals surface area contributed by atoms with Crippen LogP contribution in [0.25, 0.3) is 75.1 Å². The van der Waals surface area contributed by atoms with Crippen molar-refractivity contribution >= 4 is 98.3 Å². The molecule has 0 saturated carbocycles. The molecule has 15 rings (SSSR count). The van der Waals surface area contributed by atoms with Crippen LogP contribution >= 0.6 is 11.3 Å². The summed E-state index contributed by atoms with van der Waals surface area (Å²) in [4.78, 5) is 4.81. The standard InChI is InChI=1S/C72H48N2S/c1-3-14-47(15-4-1)48-28-35-55(36-29-48)73(56-37-30-49(31-38-56)50-32-39-57(40-33-50)74(54-20-5-2-6-21-54)68-26-13-17-51-16-7-8-22-59(51)68)58-41-42-62-65(45-58)64(53-34-43-70-66(44-53)60-23-9-10-27-69(60)75-70)46-67-61-24-11-18-52-19-12-25-63(71(52)61)72(62)67/h1-45,64H,46H2. The second-order valence-corrected chi connectivity index (χ2v) is 21.0. The van der Waals surface area contributed by atoms with Crippen LogP contribution in [0.3, 0.4) is 0 Å². The second-order valence-electron chi connectivity index (χ2n) is 20.0. The zero-order valence-electron chi connectivity index (χ0n) is 41.1. The number of rotatable bonds is 9. The normalized spacial score (nSPS) is 13.6. The van der Waals surface area contributed by atoms with Crippen LogP contribution in [-0.2, 0) is 0 Å². The monoisotopic (exact) mass is 972 g/mol. The lowest BCUT2D eigenvalue weighted by Gasteiger charge is -2.32. The first-order chi connectivity index (χ1) is 37.2. The zero-order valence-corrected chi connectivity index (χ0v) is 41.9. The molecule has 1 atom stereocenters. The summed E-state index contributed by atoms with van der Waals surface area (Å²) in [5, 5.41) is 7.80. The molecule has 0 fully saturated rings. The number of nitrogens with zero attached hydrogens (tertiary/aromatic N) is 2. The van der Waals surface area contributed by atoms with Gasteiger partial charge in [0.1, 0.15) is 0 Å². The lowest BCUT2D eigenvalue weighted by molar-refractivity contribution is 0.832. The molecule has 0 amide bonds. The summed E-state index contributed by atoms with van der Waals surface area (Å²) in [5.41, 5.74) is 21.1. The maximum Gasteiger partial charge on any atom is 0.0540 e. The highest BCUT2D eigenvalue weighted by atomic mass is 32.1. The maximum absolute atomic E-state index is 2.51. The quantitative estimate of drug-likeness (QED) is 0.142. The lowest BCUT2D eigenvalue weighted by atomic mass is 9.74. The van der Waals surface area contributed by atoms with Crippen molar-refractivity contribution in [1.29, 1.82) is 0 Å². The topological polar surface area (TPSA) is 6.48 Å². The van der Waals surface area contributed by atoms with Gasteiger partial charge in [0.05, 0.1) is 5.69 Å². The SMILES string of the molecule is c1ccc(-c2ccc(N(c3ccc(-c4ccc(N(c5ccccc5)c5cccc6ccccc56)cc4)cc3)c3ccc4c(c3)C(c3ccc5sc6ccccc6c5c3)CC3=C4c4cccc5cccc3c45)cc2)cc1. The second kappa shape index (κ2) is 17.7. The number of para-hydroxylation sites is 1. The van der Waals surface area contributed by atoms with E-state index in [4.69, 9.17) is 0 Å². The lowest BCUT2D eigenvalue weighted by Crippen LogP contribution is -2.14. The minimum atomic E-state index is 0.150. The van der Waals surface area contributed by atoms with Gasteiger partial charge in [0.2, 0.25) is 0 Å². The van der Waals surface area contributed by atoms with E-state index in [1.807, 2.05) is 11.3 Å². The average Bonchev–Trinajstić information content (AvgIpc) is 4.07. The molecule has 0 bridgehead atoms. The molecule has 13 aromatic rings. The predicted molar refractivity (Wildman–Crippen MR) is 320 cm³/mol. The molecule has 0 radical (unpaired) electrons. The van der Waals surface area contributed by atoms with Gasteiger partial charge >= 0.3 is 0 Å². The third kappa shape index (κ3) is 7.30. The van der Waals surface area contributed by atoms with E-state index in [9.17, 15) is 0 Å². The van der Waals surface area contributed by atoms with Crippen LogP contribution in [0, 0.1) is 0 Å². The smallest absolute Gasteiger partial charge is 0.0540 e. The van der Waals surface area contributed by atoms with Crippen molar-refractivity contribution in [2.24, 2.45) is 0 Å². The number of allylic oxidation sites excluding steroid dienone is 1. The van der Waals surface area contributed by atoms with E-state index in [-0.39, 0.29) is 5.92 Å². The van der Waals surface area contributed by atoms with Crippen LogP contribution in [0.1, 0.15) is 40.2 Å². The maximum atomic E-state index is 2.51. The molecule has 1 aromatic heterocycles. The Balaban J connectivity index is 0.848. The summed E-state index contributed by atoms with van der Waals surface area (Å²) in [6, 6.07) is 101. The fraction of sp³-hybridized carbons (Fsp3) is 0.0278. The Morgan fingerprint density at radius 2 is 0.867 bits per heavy atom. The summed E-state index contributed by atoms with van der Waals surface area (Å²) in [7, 11) is 0. The Labute approximate surface area is 441 Å². The molecular formula is C72H48N2S. The minimum Gasteiger partial charge on any atom is -0.310 e. The number of benzene rings is 12. The minimum absolute atomic E-state index is 0.150. The number of hydrogen-bond donors (Lipinski definition) is 0. The van der Waals surface area contributed by atoms with Crippen LogP contribution in [0.5, 0.6) is 0 Å². The first kappa shape index (κ1) is 43.3. The predicted octanol–water partition coefficient (Wildman–Crippen LogP) is 20.4. The van der Waals surface area contributed by atoms with Crippen molar-refractivity contribution in [1.82, 2.24) is 0 Å². The summed E-state index contributed by atoms with van der Waals surface area (Å²) in [6.45, 7) is 0. The van der Waals surface area contributed by atoms with E-state index in [0.29, 0.717) is 0 Å². The molecule has 3 heteroatoms. The van der Waals surface area contributed by atoms with Gasteiger partial charge < -0.3 is 9.80 Å². The first-order valence-electron chi connectivity index (χ1n) is 26.0. The summed E-state index contributed by atoms with van der Waals surface area (Å²) >= 11 is 1.89. The fourth-order valence-corrected chi connectivity index (χ4v) is 13.4. The zero-order chi connectivity index (χ0) is 49.4. The third-order valence-corrected chi connectivity index (χ3v) is 16.9. The molecule has 75 heavy (non-hydrogen) atoms. The van der Waals surface area contributed by atoms with E-state index in [1.54, 1.807) is 0 Å². The van der Waals surface area contributed by atoms with Crippen LogP contribution in [-0.4, -0.2) is 0 Å². The van der Waals surface area contributed by atoms with Gasteiger partial charge in [-0.2, -0.15) is 0 Å². The van der Waals surface area contributed by atoms with E-state index in [2.05, 4.69) is 283 Å². The van der Waals surface area contributed by atoms with Crippen molar-refractivity contribution in [2.45, 2.75) is 12.3 Å². The average molecular weight is 973 g/mol. The van der Waals surface area contributed by atoms with Gasteiger partial charge in [-0.3, -0.25) is 0 Å². The van der Waals surface area contributed by atoms with Crippen LogP contribution in [0.15, 0.2) is 273 Å². The molecular weight excluding hydrogens is 925 g/mol. The van der Waals surface area contributed by atoms with Gasteiger partial charge in [0.15, 0.2) is 0 Å². The van der Waals surface area contributed by atoms with Crippen molar-refractivity contribution in [3.8, 4) is 22.3 Å². The van der Waals surface area contributed by atoms with Crippen LogP contribution in [0.2, 0.25) is 0 Å². The Morgan fingerprint density at radius 1 is 0.333 bits per heavy atom. The Kier molecular flexibility index (Phi) is 10.2. The molecule has 1 unspecified atom stereocenters. The number of fused-ring (bicyclic) bond motifs is 8. The van der Waals surface area contributed by atoms with Crippen LogP contribution < -0.4 is 9.80 Å². The van der Waals surface area contributed by atoms with Gasteiger partial charge in [-0.15, -0.1) is 11.3 Å². The Bertz CT molecular complexity index is 4350. The molecule has 0 saturated heterocycles. The third-order valence-electron chi connectivity index (χ3n) is 15.8. The fourth-order valence-electron chi connectivity index (χ4n) is 12.3. The molecule has 2 aliphatic carbocycles. The molecule has 0 N–H and O–H groups in total. The first-order valence-corrected chi connectivity index (χ1v) is 26.8. The molecule has 2 nitrogen and oxygen atoms in total. The molecule has 352 valence electrons. The number of hydrogen-bond acceptors (Lipinski definition) is 3. The van der Waals surface area contributed by atoms with Gasteiger partial charge in [0.25, 0.3) is 0 Å². The van der Waals surface area contributed by atoms with Crippen molar-refractivity contribution in [2.75, 3.05) is 9.80 Å². The highest BCUT2D eigenvalue weighted by molar-refractivity contribution is 7.25. The summed E-state index contributed by atoms with van der Waals surface area (Å²) in [6.07, 6.45) is 0.928.